The van der Waals surface area contributed by atoms with Crippen LogP contribution in [0, 0.1) is 6.92 Å². The van der Waals surface area contributed by atoms with Crippen LogP contribution in [0.25, 0.3) is 0 Å². The van der Waals surface area contributed by atoms with E-state index in [1.54, 1.807) is 30.3 Å². The lowest BCUT2D eigenvalue weighted by atomic mass is 10.1. The molecule has 8 nitrogen and oxygen atoms in total. The Bertz CT molecular complexity index is 978. The number of hydrogen-bond donors (Lipinski definition) is 1. The fraction of sp³-hybridized carbons (Fsp3) is 0.409. The van der Waals surface area contributed by atoms with Crippen LogP contribution >= 0.6 is 0 Å². The van der Waals surface area contributed by atoms with Crippen LogP contribution in [0.15, 0.2) is 47.4 Å². The van der Waals surface area contributed by atoms with Crippen LogP contribution in [0.2, 0.25) is 0 Å². The van der Waals surface area contributed by atoms with Crippen molar-refractivity contribution < 1.29 is 22.7 Å². The third-order valence-corrected chi connectivity index (χ3v) is 7.27. The first-order chi connectivity index (χ1) is 14.9. The minimum Gasteiger partial charge on any atom is -0.496 e. The maximum Gasteiger partial charge on any atom is 0.258 e. The monoisotopic (exact) mass is 447 g/mol. The van der Waals surface area contributed by atoms with Crippen LogP contribution in [0.3, 0.4) is 0 Å². The Kier molecular flexibility index (Phi) is 7.53. The molecule has 0 saturated carbocycles. The number of amides is 1. The molecule has 0 radical (unpaired) electrons. The Morgan fingerprint density at radius 1 is 0.968 bits per heavy atom. The molecule has 0 aliphatic carbocycles. The number of hydrogen-bond acceptors (Lipinski definition) is 6. The molecule has 3 rings (SSSR count). The number of nitrogens with one attached hydrogen (secondary N) is 1. The van der Waals surface area contributed by atoms with Crippen molar-refractivity contribution in [3.8, 4) is 11.5 Å². The Morgan fingerprint density at radius 2 is 1.55 bits per heavy atom. The summed E-state index contributed by atoms with van der Waals surface area (Å²) in [5.41, 5.74) is 1.39. The summed E-state index contributed by atoms with van der Waals surface area (Å²) < 4.78 is 37.7. The number of aryl methyl sites for hydroxylation is 1. The summed E-state index contributed by atoms with van der Waals surface area (Å²) in [4.78, 5) is 15.1. The second-order valence-electron chi connectivity index (χ2n) is 7.35. The van der Waals surface area contributed by atoms with Gasteiger partial charge in [-0.05, 0) is 31.2 Å². The molecule has 1 aliphatic rings. The number of ether oxygens (including phenoxy) is 2. The third kappa shape index (κ3) is 5.36. The van der Waals surface area contributed by atoms with E-state index in [9.17, 15) is 13.2 Å². The molecule has 1 saturated heterocycles. The Labute approximate surface area is 183 Å². The fourth-order valence-corrected chi connectivity index (χ4v) is 4.97. The Balaban J connectivity index is 1.51. The van der Waals surface area contributed by atoms with Gasteiger partial charge in [0.25, 0.3) is 5.91 Å². The molecular formula is C22H29N3O5S. The zero-order valence-electron chi connectivity index (χ0n) is 18.1. The van der Waals surface area contributed by atoms with Gasteiger partial charge in [0.1, 0.15) is 17.1 Å². The summed E-state index contributed by atoms with van der Waals surface area (Å²) in [6, 6.07) is 12.1. The molecule has 0 bridgehead atoms. The van der Waals surface area contributed by atoms with E-state index in [4.69, 9.17) is 9.47 Å². The molecule has 0 unspecified atom stereocenters. The molecule has 1 amide bonds. The molecule has 31 heavy (non-hydrogen) atoms. The molecule has 1 N–H and O–H groups in total. The number of benzene rings is 2. The lowest BCUT2D eigenvalue weighted by Crippen LogP contribution is -2.50. The highest BCUT2D eigenvalue weighted by molar-refractivity contribution is 7.89. The van der Waals surface area contributed by atoms with Crippen molar-refractivity contribution in [1.29, 1.82) is 0 Å². The summed E-state index contributed by atoms with van der Waals surface area (Å²) in [7, 11) is -0.459. The van der Waals surface area contributed by atoms with E-state index in [0.717, 1.165) is 5.56 Å². The van der Waals surface area contributed by atoms with E-state index < -0.39 is 10.0 Å². The lowest BCUT2D eigenvalue weighted by molar-refractivity contribution is 0.0939. The van der Waals surface area contributed by atoms with Crippen LogP contribution in [0.5, 0.6) is 11.5 Å². The van der Waals surface area contributed by atoms with Crippen molar-refractivity contribution in [2.75, 3.05) is 53.5 Å². The van der Waals surface area contributed by atoms with Crippen molar-refractivity contribution in [2.45, 2.75) is 11.8 Å². The second-order valence-corrected chi connectivity index (χ2v) is 9.29. The van der Waals surface area contributed by atoms with Gasteiger partial charge in [-0.1, -0.05) is 23.8 Å². The van der Waals surface area contributed by atoms with Crippen molar-refractivity contribution in [1.82, 2.24) is 14.5 Å². The number of nitrogens with zero attached hydrogens (tertiary/aromatic N) is 2. The van der Waals surface area contributed by atoms with E-state index in [1.165, 1.54) is 18.5 Å². The number of carbonyl (C=O) groups is 1. The fourth-order valence-electron chi connectivity index (χ4n) is 3.54. The molecule has 2 aromatic carbocycles. The van der Waals surface area contributed by atoms with Gasteiger partial charge in [0, 0.05) is 39.3 Å². The van der Waals surface area contributed by atoms with E-state index in [2.05, 4.69) is 10.2 Å². The van der Waals surface area contributed by atoms with E-state index >= 15 is 0 Å². The van der Waals surface area contributed by atoms with Crippen LogP contribution in [0.4, 0.5) is 0 Å². The maximum absolute atomic E-state index is 12.8. The maximum atomic E-state index is 12.8. The molecule has 168 valence electrons. The molecular weight excluding hydrogens is 418 g/mol. The van der Waals surface area contributed by atoms with Crippen molar-refractivity contribution in [3.63, 3.8) is 0 Å². The summed E-state index contributed by atoms with van der Waals surface area (Å²) >= 11 is 0. The van der Waals surface area contributed by atoms with Crippen LogP contribution in [-0.4, -0.2) is 77.0 Å². The summed E-state index contributed by atoms with van der Waals surface area (Å²) in [6.07, 6.45) is 0. The normalized spacial score (nSPS) is 15.5. The van der Waals surface area contributed by atoms with Gasteiger partial charge in [0.2, 0.25) is 10.0 Å². The van der Waals surface area contributed by atoms with E-state index in [1.807, 2.05) is 19.1 Å². The van der Waals surface area contributed by atoms with Crippen molar-refractivity contribution in [2.24, 2.45) is 0 Å². The highest BCUT2D eigenvalue weighted by atomic mass is 32.2. The smallest absolute Gasteiger partial charge is 0.258 e. The van der Waals surface area contributed by atoms with Crippen molar-refractivity contribution >= 4 is 15.9 Å². The van der Waals surface area contributed by atoms with Gasteiger partial charge in [0.05, 0.1) is 19.1 Å². The molecule has 9 heteroatoms. The summed E-state index contributed by atoms with van der Waals surface area (Å²) in [5.74, 6) is 0.633. The van der Waals surface area contributed by atoms with Gasteiger partial charge in [-0.2, -0.15) is 4.31 Å². The van der Waals surface area contributed by atoms with Crippen molar-refractivity contribution in [3.05, 3.63) is 53.6 Å². The third-order valence-electron chi connectivity index (χ3n) is 5.36. The molecule has 0 aromatic heterocycles. The molecule has 0 spiro atoms. The summed E-state index contributed by atoms with van der Waals surface area (Å²) in [6.45, 7) is 5.05. The van der Waals surface area contributed by atoms with Crippen LogP contribution in [0.1, 0.15) is 15.9 Å². The lowest BCUT2D eigenvalue weighted by Gasteiger charge is -2.34. The Morgan fingerprint density at radius 3 is 2.10 bits per heavy atom. The standard InChI is InChI=1S/C22H29N3O5S/c1-17-7-9-18(10-8-17)31(27,28)25-15-13-24(14-16-25)12-11-23-22(26)21-19(29-2)5-4-6-20(21)30-3/h4-10H,11-16H2,1-3H3,(H,23,26). The quantitative estimate of drug-likeness (QED) is 0.663. The minimum atomic E-state index is -3.48. The molecule has 2 aromatic rings. The number of rotatable bonds is 8. The average Bonchev–Trinajstić information content (AvgIpc) is 2.79. The minimum absolute atomic E-state index is 0.269. The first-order valence-corrected chi connectivity index (χ1v) is 11.6. The van der Waals surface area contributed by atoms with Crippen LogP contribution in [-0.2, 0) is 10.0 Å². The van der Waals surface area contributed by atoms with E-state index in [0.29, 0.717) is 61.2 Å². The first kappa shape index (κ1) is 23.1. The molecule has 1 heterocycles. The first-order valence-electron chi connectivity index (χ1n) is 10.1. The molecule has 0 atom stereocenters. The highest BCUT2D eigenvalue weighted by Crippen LogP contribution is 2.27. The predicted molar refractivity (Wildman–Crippen MR) is 118 cm³/mol. The zero-order valence-corrected chi connectivity index (χ0v) is 18.9. The van der Waals surface area contributed by atoms with Gasteiger partial charge < -0.3 is 14.8 Å². The predicted octanol–water partition coefficient (Wildman–Crippen LogP) is 1.75. The topological polar surface area (TPSA) is 88.2 Å². The highest BCUT2D eigenvalue weighted by Gasteiger charge is 2.28. The summed E-state index contributed by atoms with van der Waals surface area (Å²) in [5, 5.41) is 2.90. The SMILES string of the molecule is COc1cccc(OC)c1C(=O)NCCN1CCN(S(=O)(=O)c2ccc(C)cc2)CC1. The van der Waals surface area contributed by atoms with Gasteiger partial charge in [0.15, 0.2) is 0 Å². The largest absolute Gasteiger partial charge is 0.496 e. The average molecular weight is 448 g/mol. The Hall–Kier alpha value is -2.62. The van der Waals surface area contributed by atoms with Gasteiger partial charge in [-0.15, -0.1) is 0 Å². The van der Waals surface area contributed by atoms with Gasteiger partial charge in [-0.3, -0.25) is 9.69 Å². The second kappa shape index (κ2) is 10.1. The number of carbonyl (C=O) groups excluding carboxylic acids is 1. The van der Waals surface area contributed by atoms with Gasteiger partial charge in [-0.25, -0.2) is 8.42 Å². The molecule has 1 fully saturated rings. The number of piperazine rings is 1. The number of sulfonamides is 1. The van der Waals surface area contributed by atoms with Gasteiger partial charge >= 0.3 is 0 Å². The zero-order chi connectivity index (χ0) is 22.4. The molecule has 1 aliphatic heterocycles. The van der Waals surface area contributed by atoms with Crippen LogP contribution < -0.4 is 14.8 Å². The van der Waals surface area contributed by atoms with E-state index in [-0.39, 0.29) is 5.91 Å². The number of methoxy groups -OCH3 is 2.